The molecule has 7 heteroatoms. The maximum Gasteiger partial charge on any atom is 0.272 e. The fourth-order valence-corrected chi connectivity index (χ4v) is 5.46. The molecular weight excluding hydrogens is 481 g/mol. The second-order valence-corrected chi connectivity index (χ2v) is 11.0. The van der Waals surface area contributed by atoms with Gasteiger partial charge in [-0.3, -0.25) is 4.79 Å². The van der Waals surface area contributed by atoms with E-state index in [0.717, 1.165) is 48.9 Å². The Morgan fingerprint density at radius 2 is 1.79 bits per heavy atom. The lowest BCUT2D eigenvalue weighted by molar-refractivity contribution is -0.300. The second kappa shape index (κ2) is 11.0. The summed E-state index contributed by atoms with van der Waals surface area (Å²) in [5.74, 6) is -0.120. The van der Waals surface area contributed by atoms with E-state index in [0.29, 0.717) is 24.0 Å². The van der Waals surface area contributed by atoms with Gasteiger partial charge in [0.25, 0.3) is 5.91 Å². The topological polar surface area (TPSA) is 65.4 Å². The zero-order valence-electron chi connectivity index (χ0n) is 22.7. The Balaban J connectivity index is 1.47. The predicted molar refractivity (Wildman–Crippen MR) is 145 cm³/mol. The molecule has 38 heavy (non-hydrogen) atoms. The first-order chi connectivity index (χ1) is 18.2. The number of carbonyl (C=O) groups excluding carboxylic acids is 1. The fourth-order valence-electron chi connectivity index (χ4n) is 5.46. The van der Waals surface area contributed by atoms with Crippen LogP contribution in [0.2, 0.25) is 0 Å². The summed E-state index contributed by atoms with van der Waals surface area (Å²) in [5.41, 5.74) is 3.27. The third kappa shape index (κ3) is 6.00. The van der Waals surface area contributed by atoms with Gasteiger partial charge in [-0.05, 0) is 76.3 Å². The van der Waals surface area contributed by atoms with Crippen molar-refractivity contribution in [3.05, 3.63) is 77.4 Å². The first kappa shape index (κ1) is 26.6. The Kier molecular flexibility index (Phi) is 7.68. The first-order valence-electron chi connectivity index (χ1n) is 13.8. The van der Waals surface area contributed by atoms with Gasteiger partial charge in [0.05, 0.1) is 23.9 Å². The Morgan fingerprint density at radius 3 is 2.45 bits per heavy atom. The van der Waals surface area contributed by atoms with Gasteiger partial charge in [-0.15, -0.1) is 0 Å². The highest BCUT2D eigenvalue weighted by molar-refractivity contribution is 5.95. The summed E-state index contributed by atoms with van der Waals surface area (Å²) in [6, 6.07) is 16.1. The van der Waals surface area contributed by atoms with Gasteiger partial charge in [0.1, 0.15) is 17.3 Å². The lowest BCUT2D eigenvalue weighted by Crippen LogP contribution is -2.44. The highest BCUT2D eigenvalue weighted by Gasteiger charge is 2.37. The van der Waals surface area contributed by atoms with Crippen LogP contribution in [0, 0.1) is 5.82 Å². The van der Waals surface area contributed by atoms with Gasteiger partial charge in [-0.25, -0.2) is 9.37 Å². The van der Waals surface area contributed by atoms with E-state index in [1.165, 1.54) is 12.1 Å². The number of imidazole rings is 1. The fraction of sp³-hybridized carbons (Fsp3) is 0.484. The van der Waals surface area contributed by atoms with E-state index in [1.54, 1.807) is 12.1 Å². The zero-order valence-corrected chi connectivity index (χ0v) is 22.7. The molecule has 0 bridgehead atoms. The van der Waals surface area contributed by atoms with E-state index in [-0.39, 0.29) is 30.0 Å². The number of carbonyl (C=O) groups is 1. The minimum absolute atomic E-state index is 0.0367. The van der Waals surface area contributed by atoms with Crippen LogP contribution in [0.4, 0.5) is 4.39 Å². The predicted octanol–water partition coefficient (Wildman–Crippen LogP) is 6.77. The van der Waals surface area contributed by atoms with Gasteiger partial charge < -0.3 is 19.4 Å². The number of halogens is 1. The molecule has 3 atom stereocenters. The van der Waals surface area contributed by atoms with Crippen LogP contribution in [0.25, 0.3) is 11.4 Å². The molecule has 2 aliphatic rings. The Morgan fingerprint density at radius 1 is 1.11 bits per heavy atom. The monoisotopic (exact) mass is 519 g/mol. The molecule has 5 rings (SSSR count). The number of amides is 1. The summed E-state index contributed by atoms with van der Waals surface area (Å²) in [4.78, 5) is 18.5. The largest absolute Gasteiger partial charge is 0.347 e. The summed E-state index contributed by atoms with van der Waals surface area (Å²) in [6.07, 6.45) is 4.80. The van der Waals surface area contributed by atoms with Gasteiger partial charge in [0.15, 0.2) is 5.79 Å². The normalized spacial score (nSPS) is 21.7. The maximum absolute atomic E-state index is 13.8. The van der Waals surface area contributed by atoms with E-state index in [2.05, 4.69) is 16.8 Å². The number of benzene rings is 2. The standard InChI is InChI=1S/C31H38FN3O3/c1-5-25-19-26(38-31(3,4)37-25)17-18-35-28(22-11-12-22)27(34-29(35)23-13-15-24(32)16-14-23)30(36)33-20(2)21-9-7-6-8-10-21/h6-10,13-16,20,22,25-26H,5,11-12,17-19H2,1-4H3,(H,33,36)/t20-,25+,26-/m1/s1. The molecule has 1 N–H and O–H groups in total. The molecule has 6 nitrogen and oxygen atoms in total. The Hall–Kier alpha value is -3.03. The quantitative estimate of drug-likeness (QED) is 0.339. The summed E-state index contributed by atoms with van der Waals surface area (Å²) >= 11 is 0. The van der Waals surface area contributed by atoms with E-state index < -0.39 is 5.79 Å². The van der Waals surface area contributed by atoms with Crippen molar-refractivity contribution < 1.29 is 18.7 Å². The third-order valence-electron chi connectivity index (χ3n) is 7.49. The molecule has 0 radical (unpaired) electrons. The van der Waals surface area contributed by atoms with Crippen LogP contribution in [0.15, 0.2) is 54.6 Å². The summed E-state index contributed by atoms with van der Waals surface area (Å²) in [6.45, 7) is 8.71. The molecular formula is C31H38FN3O3. The molecule has 1 aliphatic carbocycles. The van der Waals surface area contributed by atoms with E-state index in [4.69, 9.17) is 14.5 Å². The number of rotatable bonds is 9. The maximum atomic E-state index is 13.8. The van der Waals surface area contributed by atoms with Gasteiger partial charge in [0.2, 0.25) is 0 Å². The van der Waals surface area contributed by atoms with Crippen molar-refractivity contribution in [3.63, 3.8) is 0 Å². The molecule has 0 unspecified atom stereocenters. The third-order valence-corrected chi connectivity index (χ3v) is 7.49. The van der Waals surface area contributed by atoms with Crippen molar-refractivity contribution in [2.45, 2.75) is 96.3 Å². The van der Waals surface area contributed by atoms with Crippen molar-refractivity contribution in [1.29, 1.82) is 0 Å². The van der Waals surface area contributed by atoms with E-state index in [1.807, 2.05) is 51.1 Å². The highest BCUT2D eigenvalue weighted by atomic mass is 19.1. The number of hydrogen-bond donors (Lipinski definition) is 1. The van der Waals surface area contributed by atoms with Gasteiger partial charge in [0, 0.05) is 24.4 Å². The van der Waals surface area contributed by atoms with Crippen molar-refractivity contribution in [2.75, 3.05) is 0 Å². The average Bonchev–Trinajstić information content (AvgIpc) is 3.67. The van der Waals surface area contributed by atoms with Gasteiger partial charge >= 0.3 is 0 Å². The average molecular weight is 520 g/mol. The SMILES string of the molecule is CC[C@H]1C[C@@H](CCn2c(-c3ccc(F)cc3)nc(C(=O)N[C@H](C)c3ccccc3)c2C2CC2)OC(C)(C)O1. The van der Waals surface area contributed by atoms with Crippen molar-refractivity contribution in [1.82, 2.24) is 14.9 Å². The Bertz CT molecular complexity index is 1250. The molecule has 202 valence electrons. The molecule has 1 aliphatic heterocycles. The molecule has 1 aromatic heterocycles. The van der Waals surface area contributed by atoms with Crippen molar-refractivity contribution in [3.8, 4) is 11.4 Å². The number of ether oxygens (including phenoxy) is 2. The van der Waals surface area contributed by atoms with Gasteiger partial charge in [-0.2, -0.15) is 0 Å². The van der Waals surface area contributed by atoms with E-state index >= 15 is 0 Å². The van der Waals surface area contributed by atoms with Crippen LogP contribution in [0.1, 0.15) is 93.5 Å². The summed E-state index contributed by atoms with van der Waals surface area (Å²) in [7, 11) is 0. The highest BCUT2D eigenvalue weighted by Crippen LogP contribution is 2.44. The van der Waals surface area contributed by atoms with Crippen LogP contribution in [0.5, 0.6) is 0 Å². The molecule has 1 saturated heterocycles. The number of nitrogens with zero attached hydrogens (tertiary/aromatic N) is 2. The Labute approximate surface area is 224 Å². The number of hydrogen-bond acceptors (Lipinski definition) is 4. The van der Waals surface area contributed by atoms with Crippen molar-refractivity contribution >= 4 is 5.91 Å². The molecule has 1 amide bonds. The van der Waals surface area contributed by atoms with Crippen LogP contribution in [-0.2, 0) is 16.0 Å². The summed E-state index contributed by atoms with van der Waals surface area (Å²) < 4.78 is 28.3. The second-order valence-electron chi connectivity index (χ2n) is 11.0. The molecule has 1 saturated carbocycles. The lowest BCUT2D eigenvalue weighted by atomic mass is 10.0. The molecule has 0 spiro atoms. The smallest absolute Gasteiger partial charge is 0.272 e. The lowest BCUT2D eigenvalue weighted by Gasteiger charge is -2.40. The van der Waals surface area contributed by atoms with Crippen LogP contribution >= 0.6 is 0 Å². The summed E-state index contributed by atoms with van der Waals surface area (Å²) in [5, 5.41) is 3.15. The van der Waals surface area contributed by atoms with Gasteiger partial charge in [-0.1, -0.05) is 37.3 Å². The molecule has 3 aromatic rings. The minimum Gasteiger partial charge on any atom is -0.347 e. The van der Waals surface area contributed by atoms with E-state index in [9.17, 15) is 9.18 Å². The number of aromatic nitrogens is 2. The minimum atomic E-state index is -0.629. The molecule has 2 heterocycles. The van der Waals surface area contributed by atoms with Crippen LogP contribution in [0.3, 0.4) is 0 Å². The van der Waals surface area contributed by atoms with Crippen molar-refractivity contribution in [2.24, 2.45) is 0 Å². The van der Waals surface area contributed by atoms with Crippen LogP contribution in [-0.4, -0.2) is 33.5 Å². The van der Waals surface area contributed by atoms with Crippen LogP contribution < -0.4 is 5.32 Å². The molecule has 2 fully saturated rings. The first-order valence-corrected chi connectivity index (χ1v) is 13.8. The number of nitrogens with one attached hydrogen (secondary N) is 1. The molecule has 2 aromatic carbocycles. The zero-order chi connectivity index (χ0) is 26.9.